The summed E-state index contributed by atoms with van der Waals surface area (Å²) in [5.41, 5.74) is 2.02. The maximum absolute atomic E-state index is 5.34. The van der Waals surface area contributed by atoms with E-state index in [9.17, 15) is 0 Å². The van der Waals surface area contributed by atoms with Gasteiger partial charge in [-0.1, -0.05) is 19.9 Å². The molecule has 1 rings (SSSR count). The average molecular weight is 220 g/mol. The Kier molecular flexibility index (Phi) is 5.12. The van der Waals surface area contributed by atoms with E-state index in [1.165, 1.54) is 0 Å². The third kappa shape index (κ3) is 3.74. The average Bonchev–Trinajstić information content (AvgIpc) is 2.26. The quantitative estimate of drug-likeness (QED) is 0.764. The molecular formula is C13H20N2O. The number of allylic oxidation sites excluding steroid dienone is 1. The van der Waals surface area contributed by atoms with E-state index in [-0.39, 0.29) is 0 Å². The summed E-state index contributed by atoms with van der Waals surface area (Å²) in [6.07, 6.45) is 3.97. The minimum absolute atomic E-state index is 0.410. The first kappa shape index (κ1) is 12.8. The summed E-state index contributed by atoms with van der Waals surface area (Å²) in [5, 5.41) is 0. The first-order chi connectivity index (χ1) is 7.67. The fourth-order valence-corrected chi connectivity index (χ4v) is 1.35. The summed E-state index contributed by atoms with van der Waals surface area (Å²) in [4.78, 5) is 8.90. The molecule has 3 nitrogen and oxygen atoms in total. The van der Waals surface area contributed by atoms with E-state index in [1.807, 2.05) is 32.1 Å². The fourth-order valence-electron chi connectivity index (χ4n) is 1.35. The van der Waals surface area contributed by atoms with Crippen LogP contribution in [0.1, 0.15) is 50.8 Å². The molecule has 16 heavy (non-hydrogen) atoms. The number of nitrogens with zero attached hydrogens (tertiary/aromatic N) is 2. The van der Waals surface area contributed by atoms with E-state index in [2.05, 4.69) is 23.8 Å². The molecule has 0 bridgehead atoms. The summed E-state index contributed by atoms with van der Waals surface area (Å²) >= 11 is 0. The molecule has 88 valence electrons. The summed E-state index contributed by atoms with van der Waals surface area (Å²) in [6.45, 7) is 9.40. The van der Waals surface area contributed by atoms with Crippen LogP contribution in [-0.4, -0.2) is 16.6 Å². The second-order valence-electron chi connectivity index (χ2n) is 3.93. The van der Waals surface area contributed by atoms with Crippen molar-refractivity contribution < 1.29 is 4.74 Å². The topological polar surface area (TPSA) is 35.0 Å². The molecule has 0 aromatic carbocycles. The van der Waals surface area contributed by atoms with E-state index >= 15 is 0 Å². The molecule has 0 atom stereocenters. The first-order valence-corrected chi connectivity index (χ1v) is 5.75. The van der Waals surface area contributed by atoms with Crippen molar-refractivity contribution >= 4 is 6.08 Å². The van der Waals surface area contributed by atoms with Gasteiger partial charge in [0.15, 0.2) is 5.82 Å². The Morgan fingerprint density at radius 3 is 2.69 bits per heavy atom. The monoisotopic (exact) mass is 220 g/mol. The van der Waals surface area contributed by atoms with Gasteiger partial charge in [0.1, 0.15) is 6.61 Å². The lowest BCUT2D eigenvalue weighted by Gasteiger charge is -2.08. The van der Waals surface area contributed by atoms with Gasteiger partial charge in [-0.3, -0.25) is 0 Å². The van der Waals surface area contributed by atoms with Gasteiger partial charge in [0.25, 0.3) is 0 Å². The van der Waals surface area contributed by atoms with Crippen LogP contribution in [0.4, 0.5) is 0 Å². The molecule has 0 aliphatic carbocycles. The highest BCUT2D eigenvalue weighted by Crippen LogP contribution is 2.14. The van der Waals surface area contributed by atoms with Gasteiger partial charge >= 0.3 is 0 Å². The van der Waals surface area contributed by atoms with Crippen LogP contribution in [0.15, 0.2) is 12.1 Å². The van der Waals surface area contributed by atoms with Gasteiger partial charge in [0.05, 0.1) is 5.69 Å². The molecule has 0 N–H and O–H groups in total. The molecule has 0 saturated heterocycles. The minimum Gasteiger partial charge on any atom is -0.374 e. The van der Waals surface area contributed by atoms with Gasteiger partial charge in [-0.05, 0) is 31.9 Å². The molecule has 3 heteroatoms. The molecule has 1 heterocycles. The highest BCUT2D eigenvalue weighted by molar-refractivity contribution is 5.44. The summed E-state index contributed by atoms with van der Waals surface area (Å²) in [5.74, 6) is 1.17. The minimum atomic E-state index is 0.410. The third-order valence-electron chi connectivity index (χ3n) is 2.18. The maximum Gasteiger partial charge on any atom is 0.154 e. The number of rotatable bonds is 5. The molecule has 0 spiro atoms. The van der Waals surface area contributed by atoms with Crippen molar-refractivity contribution in [3.63, 3.8) is 0 Å². The maximum atomic E-state index is 5.34. The Balaban J connectivity index is 2.98. The summed E-state index contributed by atoms with van der Waals surface area (Å²) in [7, 11) is 0. The van der Waals surface area contributed by atoms with Crippen molar-refractivity contribution in [1.29, 1.82) is 0 Å². The highest BCUT2D eigenvalue weighted by Gasteiger charge is 2.06. The molecule has 0 aliphatic rings. The Labute approximate surface area is 97.6 Å². The molecule has 0 aliphatic heterocycles. The number of hydrogen-bond donors (Lipinski definition) is 0. The van der Waals surface area contributed by atoms with Gasteiger partial charge in [-0.25, -0.2) is 9.97 Å². The van der Waals surface area contributed by atoms with Gasteiger partial charge in [0, 0.05) is 12.3 Å². The van der Waals surface area contributed by atoms with E-state index in [4.69, 9.17) is 4.74 Å². The zero-order valence-electron chi connectivity index (χ0n) is 10.5. The Morgan fingerprint density at radius 2 is 2.12 bits per heavy atom. The summed E-state index contributed by atoms with van der Waals surface area (Å²) < 4.78 is 5.34. The molecule has 0 radical (unpaired) electrons. The standard InChI is InChI=1S/C13H20N2O/c1-5-7-11-8-12(10(3)4)15-13(14-11)9-16-6-2/h5,7-8,10H,6,9H2,1-4H3/b7-5+. The van der Waals surface area contributed by atoms with Crippen LogP contribution in [0.2, 0.25) is 0 Å². The van der Waals surface area contributed by atoms with Crippen LogP contribution < -0.4 is 0 Å². The molecule has 0 unspecified atom stereocenters. The van der Waals surface area contributed by atoms with Crippen LogP contribution in [0.25, 0.3) is 6.08 Å². The van der Waals surface area contributed by atoms with Crippen molar-refractivity contribution in [3.8, 4) is 0 Å². The van der Waals surface area contributed by atoms with Crippen LogP contribution in [0.3, 0.4) is 0 Å². The van der Waals surface area contributed by atoms with Crippen molar-refractivity contribution in [1.82, 2.24) is 9.97 Å². The van der Waals surface area contributed by atoms with Crippen molar-refractivity contribution in [2.75, 3.05) is 6.61 Å². The fraction of sp³-hybridized carbons (Fsp3) is 0.538. The Morgan fingerprint density at radius 1 is 1.38 bits per heavy atom. The zero-order valence-corrected chi connectivity index (χ0v) is 10.5. The Bertz CT molecular complexity index is 359. The number of aromatic nitrogens is 2. The van der Waals surface area contributed by atoms with Gasteiger partial charge < -0.3 is 4.74 Å². The van der Waals surface area contributed by atoms with Crippen LogP contribution in [0.5, 0.6) is 0 Å². The van der Waals surface area contributed by atoms with Crippen LogP contribution in [0, 0.1) is 0 Å². The van der Waals surface area contributed by atoms with E-state index < -0.39 is 0 Å². The van der Waals surface area contributed by atoms with Gasteiger partial charge in [-0.2, -0.15) is 0 Å². The predicted octanol–water partition coefficient (Wildman–Crippen LogP) is 3.17. The zero-order chi connectivity index (χ0) is 12.0. The smallest absolute Gasteiger partial charge is 0.154 e. The van der Waals surface area contributed by atoms with E-state index in [0.717, 1.165) is 17.2 Å². The second-order valence-corrected chi connectivity index (χ2v) is 3.93. The van der Waals surface area contributed by atoms with Crippen molar-refractivity contribution in [2.24, 2.45) is 0 Å². The largest absolute Gasteiger partial charge is 0.374 e. The molecular weight excluding hydrogens is 200 g/mol. The molecule has 0 amide bonds. The molecule has 1 aromatic rings. The van der Waals surface area contributed by atoms with E-state index in [1.54, 1.807) is 0 Å². The SMILES string of the molecule is C/C=C/c1cc(C(C)C)nc(COCC)n1. The van der Waals surface area contributed by atoms with Gasteiger partial charge in [-0.15, -0.1) is 0 Å². The van der Waals surface area contributed by atoms with Crippen molar-refractivity contribution in [3.05, 3.63) is 29.4 Å². The molecule has 1 aromatic heterocycles. The summed E-state index contributed by atoms with van der Waals surface area (Å²) in [6, 6.07) is 2.03. The molecule has 0 saturated carbocycles. The number of ether oxygens (including phenoxy) is 1. The normalized spacial score (nSPS) is 11.6. The van der Waals surface area contributed by atoms with Crippen LogP contribution >= 0.6 is 0 Å². The highest BCUT2D eigenvalue weighted by atomic mass is 16.5. The number of hydrogen-bond acceptors (Lipinski definition) is 3. The van der Waals surface area contributed by atoms with Gasteiger partial charge in [0.2, 0.25) is 0 Å². The Hall–Kier alpha value is -1.22. The predicted molar refractivity (Wildman–Crippen MR) is 66.2 cm³/mol. The van der Waals surface area contributed by atoms with Crippen LogP contribution in [-0.2, 0) is 11.3 Å². The third-order valence-corrected chi connectivity index (χ3v) is 2.18. The second kappa shape index (κ2) is 6.38. The first-order valence-electron chi connectivity index (χ1n) is 5.75. The lowest BCUT2D eigenvalue weighted by molar-refractivity contribution is 0.128. The lowest BCUT2D eigenvalue weighted by Crippen LogP contribution is -2.04. The molecule has 0 fully saturated rings. The van der Waals surface area contributed by atoms with Crippen molar-refractivity contribution in [2.45, 2.75) is 40.2 Å². The lowest BCUT2D eigenvalue weighted by atomic mass is 10.1. The van der Waals surface area contributed by atoms with E-state index in [0.29, 0.717) is 19.1 Å².